The maximum absolute atomic E-state index is 11.7. The van der Waals surface area contributed by atoms with Gasteiger partial charge >= 0.3 is 5.97 Å². The highest BCUT2D eigenvalue weighted by Crippen LogP contribution is 2.12. The third-order valence-electron chi connectivity index (χ3n) is 2.23. The number of amides is 1. The van der Waals surface area contributed by atoms with Crippen LogP contribution >= 0.6 is 15.9 Å². The van der Waals surface area contributed by atoms with Crippen molar-refractivity contribution < 1.29 is 19.4 Å². The summed E-state index contributed by atoms with van der Waals surface area (Å²) in [5, 5.41) is 12.1. The minimum atomic E-state index is -1.12. The fraction of sp³-hybridized carbons (Fsp3) is 0.667. The largest absolute Gasteiger partial charge is 0.467 e. The van der Waals surface area contributed by atoms with Gasteiger partial charge in [-0.1, -0.05) is 36.4 Å². The highest BCUT2D eigenvalue weighted by Gasteiger charge is 2.25. The van der Waals surface area contributed by atoms with Crippen molar-refractivity contribution in [3.05, 3.63) is 11.1 Å². The van der Waals surface area contributed by atoms with Gasteiger partial charge in [-0.15, -0.1) is 0 Å². The first-order valence-corrected chi connectivity index (χ1v) is 6.46. The molecule has 0 aromatic heterocycles. The Bertz CT molecular complexity index is 317. The number of halogens is 1. The van der Waals surface area contributed by atoms with Gasteiger partial charge < -0.3 is 15.2 Å². The van der Waals surface area contributed by atoms with Crippen LogP contribution in [0.3, 0.4) is 0 Å². The molecule has 0 spiro atoms. The number of carbonyl (C=O) groups excluding carboxylic acids is 2. The molecular formula is C12H20BrNO4. The first-order valence-electron chi connectivity index (χ1n) is 5.67. The second-order valence-electron chi connectivity index (χ2n) is 4.45. The van der Waals surface area contributed by atoms with Crippen LogP contribution in [0.4, 0.5) is 0 Å². The molecule has 2 N–H and O–H groups in total. The van der Waals surface area contributed by atoms with Gasteiger partial charge in [-0.25, -0.2) is 4.79 Å². The molecule has 18 heavy (non-hydrogen) atoms. The van der Waals surface area contributed by atoms with Gasteiger partial charge in [0.1, 0.15) is 12.1 Å². The molecule has 0 aromatic rings. The van der Waals surface area contributed by atoms with E-state index < -0.39 is 24.0 Å². The Hall–Kier alpha value is -0.880. The quantitative estimate of drug-likeness (QED) is 0.694. The lowest BCUT2D eigenvalue weighted by atomic mass is 10.1. The van der Waals surface area contributed by atoms with Gasteiger partial charge in [0, 0.05) is 6.42 Å². The minimum absolute atomic E-state index is 0.188. The van der Waals surface area contributed by atoms with Crippen LogP contribution in [-0.4, -0.2) is 36.2 Å². The summed E-state index contributed by atoms with van der Waals surface area (Å²) in [5.41, 5.74) is 0. The second-order valence-corrected chi connectivity index (χ2v) is 5.57. The van der Waals surface area contributed by atoms with Crippen LogP contribution in [0.25, 0.3) is 0 Å². The van der Waals surface area contributed by atoms with Crippen LogP contribution < -0.4 is 5.32 Å². The van der Waals surface area contributed by atoms with Gasteiger partial charge in [-0.05, 0) is 16.8 Å². The lowest BCUT2D eigenvalue weighted by Gasteiger charge is -2.19. The molecule has 6 heteroatoms. The molecule has 1 amide bonds. The Balaban J connectivity index is 4.52. The zero-order valence-electron chi connectivity index (χ0n) is 10.9. The summed E-state index contributed by atoms with van der Waals surface area (Å²) in [5.74, 6) is -0.956. The number of ether oxygens (including phenoxy) is 1. The highest BCUT2D eigenvalue weighted by atomic mass is 79.9. The van der Waals surface area contributed by atoms with Crippen LogP contribution in [0.1, 0.15) is 26.7 Å². The molecule has 0 aliphatic carbocycles. The second kappa shape index (κ2) is 8.26. The van der Waals surface area contributed by atoms with Gasteiger partial charge in [0.15, 0.2) is 0 Å². The van der Waals surface area contributed by atoms with Crippen molar-refractivity contribution in [2.75, 3.05) is 7.11 Å². The van der Waals surface area contributed by atoms with Crippen LogP contribution in [0.5, 0.6) is 0 Å². The average Bonchev–Trinajstić information content (AvgIpc) is 2.25. The molecule has 0 fully saturated rings. The minimum Gasteiger partial charge on any atom is -0.467 e. The van der Waals surface area contributed by atoms with Gasteiger partial charge in [0.2, 0.25) is 5.91 Å². The molecule has 0 bridgehead atoms. The Kier molecular flexibility index (Phi) is 7.86. The lowest BCUT2D eigenvalue weighted by molar-refractivity contribution is -0.146. The van der Waals surface area contributed by atoms with Crippen molar-refractivity contribution in [2.45, 2.75) is 38.8 Å². The molecule has 0 saturated carbocycles. The number of nitrogens with one attached hydrogen (secondary N) is 1. The summed E-state index contributed by atoms with van der Waals surface area (Å²) in [6.07, 6.45) is -0.567. The summed E-state index contributed by atoms with van der Waals surface area (Å²) < 4.78 is 5.14. The molecule has 0 saturated heterocycles. The molecule has 0 rings (SSSR count). The number of carbonyl (C=O) groups is 2. The van der Waals surface area contributed by atoms with Crippen molar-refractivity contribution in [3.8, 4) is 0 Å². The van der Waals surface area contributed by atoms with E-state index in [4.69, 9.17) is 0 Å². The van der Waals surface area contributed by atoms with Crippen molar-refractivity contribution >= 4 is 27.8 Å². The molecule has 2 atom stereocenters. The Morgan fingerprint density at radius 1 is 1.44 bits per heavy atom. The van der Waals surface area contributed by atoms with E-state index in [2.05, 4.69) is 32.6 Å². The van der Waals surface area contributed by atoms with Gasteiger partial charge in [-0.2, -0.15) is 0 Å². The maximum atomic E-state index is 11.7. The number of esters is 1. The predicted molar refractivity (Wildman–Crippen MR) is 72.1 cm³/mol. The third-order valence-corrected chi connectivity index (χ3v) is 2.55. The summed E-state index contributed by atoms with van der Waals surface area (Å²) >= 11 is 3.12. The van der Waals surface area contributed by atoms with Crippen LogP contribution in [0, 0.1) is 5.92 Å². The Labute approximate surface area is 116 Å². The molecule has 0 aliphatic heterocycles. The molecule has 0 unspecified atom stereocenters. The Morgan fingerprint density at radius 3 is 2.39 bits per heavy atom. The van der Waals surface area contributed by atoms with E-state index in [0.29, 0.717) is 10.9 Å². The van der Waals surface area contributed by atoms with E-state index >= 15 is 0 Å². The molecule has 0 radical (unpaired) electrons. The SMILES string of the molecule is C=C(Br)C[C@@H](NC(=O)[C@H](O)CC(C)C)C(=O)OC. The summed E-state index contributed by atoms with van der Waals surface area (Å²) in [4.78, 5) is 23.1. The van der Waals surface area contributed by atoms with Gasteiger partial charge in [-0.3, -0.25) is 4.79 Å². The summed E-state index contributed by atoms with van der Waals surface area (Å²) in [7, 11) is 1.24. The van der Waals surface area contributed by atoms with E-state index in [-0.39, 0.29) is 12.3 Å². The molecule has 0 aromatic carbocycles. The molecule has 0 aliphatic rings. The number of aliphatic hydroxyl groups excluding tert-OH is 1. The van der Waals surface area contributed by atoms with E-state index in [1.54, 1.807) is 0 Å². The van der Waals surface area contributed by atoms with Crippen molar-refractivity contribution in [1.82, 2.24) is 5.32 Å². The van der Waals surface area contributed by atoms with Crippen LogP contribution in [0.15, 0.2) is 11.1 Å². The zero-order valence-corrected chi connectivity index (χ0v) is 12.5. The third kappa shape index (κ3) is 6.76. The molecule has 104 valence electrons. The monoisotopic (exact) mass is 321 g/mol. The topological polar surface area (TPSA) is 75.6 Å². The molecule has 0 heterocycles. The van der Waals surface area contributed by atoms with E-state index in [0.717, 1.165) is 0 Å². The Morgan fingerprint density at radius 2 is 2.00 bits per heavy atom. The van der Waals surface area contributed by atoms with E-state index in [1.807, 2.05) is 13.8 Å². The number of rotatable bonds is 7. The fourth-order valence-corrected chi connectivity index (χ4v) is 1.70. The molecular weight excluding hydrogens is 302 g/mol. The maximum Gasteiger partial charge on any atom is 0.328 e. The smallest absolute Gasteiger partial charge is 0.328 e. The fourth-order valence-electron chi connectivity index (χ4n) is 1.38. The van der Waals surface area contributed by atoms with Crippen LogP contribution in [-0.2, 0) is 14.3 Å². The number of hydrogen-bond acceptors (Lipinski definition) is 4. The molecule has 5 nitrogen and oxygen atoms in total. The normalized spacial score (nSPS) is 13.9. The zero-order chi connectivity index (χ0) is 14.3. The van der Waals surface area contributed by atoms with Crippen molar-refractivity contribution in [3.63, 3.8) is 0 Å². The van der Waals surface area contributed by atoms with Gasteiger partial charge in [0.25, 0.3) is 0 Å². The first kappa shape index (κ1) is 17.1. The van der Waals surface area contributed by atoms with Crippen molar-refractivity contribution in [2.24, 2.45) is 5.92 Å². The number of aliphatic hydroxyl groups is 1. The first-order chi connectivity index (χ1) is 8.27. The van der Waals surface area contributed by atoms with E-state index in [1.165, 1.54) is 7.11 Å². The predicted octanol–water partition coefficient (Wildman–Crippen LogP) is 1.35. The standard InChI is InChI=1S/C12H20BrNO4/c1-7(2)5-10(15)11(16)14-9(6-8(3)13)12(17)18-4/h7,9-10,15H,3,5-6H2,1-2,4H3,(H,14,16)/t9-,10-/m1/s1. The van der Waals surface area contributed by atoms with Crippen LogP contribution in [0.2, 0.25) is 0 Å². The average molecular weight is 322 g/mol. The summed E-state index contributed by atoms with van der Waals surface area (Å²) in [6, 6.07) is -0.837. The lowest BCUT2D eigenvalue weighted by Crippen LogP contribution is -2.46. The van der Waals surface area contributed by atoms with Gasteiger partial charge in [0.05, 0.1) is 7.11 Å². The number of hydrogen-bond donors (Lipinski definition) is 2. The van der Waals surface area contributed by atoms with E-state index in [9.17, 15) is 14.7 Å². The highest BCUT2D eigenvalue weighted by molar-refractivity contribution is 9.11. The summed E-state index contributed by atoms with van der Waals surface area (Å²) in [6.45, 7) is 7.40. The van der Waals surface area contributed by atoms with Crippen molar-refractivity contribution in [1.29, 1.82) is 0 Å². The number of methoxy groups -OCH3 is 1.